The Morgan fingerprint density at radius 2 is 1.88 bits per heavy atom. The van der Waals surface area contributed by atoms with Gasteiger partial charge in [0.2, 0.25) is 0 Å². The van der Waals surface area contributed by atoms with E-state index in [1.807, 2.05) is 16.4 Å². The van der Waals surface area contributed by atoms with Crippen molar-refractivity contribution in [1.82, 2.24) is 0 Å². The first-order valence-corrected chi connectivity index (χ1v) is 10.8. The van der Waals surface area contributed by atoms with Gasteiger partial charge >= 0.3 is 0 Å². The summed E-state index contributed by atoms with van der Waals surface area (Å²) in [6.45, 7) is 8.72. The SMILES string of the molecule is COc1ccc2c(c1)-c1c(ssc1=Nc1cccc(C)c1C)C(C)(C)N2. The fourth-order valence-corrected chi connectivity index (χ4v) is 6.25. The molecular formula is C21H22N2OS2. The van der Waals surface area contributed by atoms with Crippen LogP contribution in [0, 0.1) is 13.8 Å². The number of hydrogen-bond acceptors (Lipinski definition) is 5. The second-order valence-corrected chi connectivity index (χ2v) is 9.30. The van der Waals surface area contributed by atoms with Gasteiger partial charge in [0.05, 0.1) is 23.2 Å². The summed E-state index contributed by atoms with van der Waals surface area (Å²) >= 11 is 0. The van der Waals surface area contributed by atoms with Gasteiger partial charge in [-0.25, -0.2) is 4.99 Å². The maximum Gasteiger partial charge on any atom is 0.135 e. The van der Waals surface area contributed by atoms with Crippen molar-refractivity contribution in [2.75, 3.05) is 12.4 Å². The number of nitrogens with one attached hydrogen (secondary N) is 1. The Bertz CT molecular complexity index is 1060. The molecule has 1 aliphatic rings. The first kappa shape index (κ1) is 17.3. The molecule has 3 nitrogen and oxygen atoms in total. The van der Waals surface area contributed by atoms with Gasteiger partial charge in [0, 0.05) is 16.8 Å². The summed E-state index contributed by atoms with van der Waals surface area (Å²) in [5.74, 6) is 0.866. The number of aryl methyl sites for hydroxylation is 1. The quantitative estimate of drug-likeness (QED) is 0.552. The van der Waals surface area contributed by atoms with Crippen molar-refractivity contribution in [2.45, 2.75) is 33.2 Å². The first-order chi connectivity index (χ1) is 12.4. The summed E-state index contributed by atoms with van der Waals surface area (Å²) in [7, 11) is 5.27. The van der Waals surface area contributed by atoms with E-state index in [1.165, 1.54) is 27.1 Å². The Labute approximate surface area is 161 Å². The van der Waals surface area contributed by atoms with E-state index in [-0.39, 0.29) is 5.54 Å². The summed E-state index contributed by atoms with van der Waals surface area (Å²) in [4.78, 5) is 6.38. The van der Waals surface area contributed by atoms with Gasteiger partial charge in [-0.05, 0) is 63.1 Å². The van der Waals surface area contributed by atoms with E-state index in [0.717, 1.165) is 21.8 Å². The molecule has 0 saturated carbocycles. The Balaban J connectivity index is 2.00. The largest absolute Gasteiger partial charge is 0.497 e. The predicted molar refractivity (Wildman–Crippen MR) is 112 cm³/mol. The van der Waals surface area contributed by atoms with Gasteiger partial charge in [0.25, 0.3) is 0 Å². The van der Waals surface area contributed by atoms with Crippen LogP contribution in [-0.2, 0) is 5.54 Å². The average Bonchev–Trinajstić information content (AvgIpc) is 3.04. The lowest BCUT2D eigenvalue weighted by atomic mass is 9.90. The minimum atomic E-state index is -0.118. The summed E-state index contributed by atoms with van der Waals surface area (Å²) in [6, 6.07) is 12.5. The number of fused-ring (bicyclic) bond motifs is 3. The molecule has 0 saturated heterocycles. The van der Waals surface area contributed by atoms with Gasteiger partial charge in [0.15, 0.2) is 0 Å². The lowest BCUT2D eigenvalue weighted by molar-refractivity contribution is 0.415. The molecule has 4 rings (SSSR count). The van der Waals surface area contributed by atoms with Gasteiger partial charge in [-0.2, -0.15) is 0 Å². The molecule has 0 unspecified atom stereocenters. The Kier molecular flexibility index (Phi) is 4.16. The molecule has 0 radical (unpaired) electrons. The molecule has 134 valence electrons. The highest BCUT2D eigenvalue weighted by molar-refractivity contribution is 7.68. The van der Waals surface area contributed by atoms with Crippen LogP contribution in [0.5, 0.6) is 5.75 Å². The highest BCUT2D eigenvalue weighted by Gasteiger charge is 2.33. The van der Waals surface area contributed by atoms with Crippen molar-refractivity contribution in [2.24, 2.45) is 4.99 Å². The summed E-state index contributed by atoms with van der Waals surface area (Å²) < 4.78 is 6.54. The van der Waals surface area contributed by atoms with E-state index in [4.69, 9.17) is 9.73 Å². The third kappa shape index (κ3) is 2.75. The highest BCUT2D eigenvalue weighted by atomic mass is 32.9. The van der Waals surface area contributed by atoms with E-state index < -0.39 is 0 Å². The fourth-order valence-electron chi connectivity index (χ4n) is 3.32. The molecule has 1 N–H and O–H groups in total. The molecule has 0 bridgehead atoms. The number of methoxy groups -OCH3 is 1. The molecule has 3 aromatic rings. The summed E-state index contributed by atoms with van der Waals surface area (Å²) in [5, 5.41) is 3.66. The average molecular weight is 383 g/mol. The Hall–Kier alpha value is -2.11. The molecule has 2 aromatic carbocycles. The number of nitrogens with zero attached hydrogens (tertiary/aromatic N) is 1. The maximum absolute atomic E-state index is 5.47. The minimum Gasteiger partial charge on any atom is -0.497 e. The van der Waals surface area contributed by atoms with Crippen molar-refractivity contribution in [1.29, 1.82) is 0 Å². The van der Waals surface area contributed by atoms with Crippen LogP contribution in [0.3, 0.4) is 0 Å². The molecular weight excluding hydrogens is 360 g/mol. The second-order valence-electron chi connectivity index (χ2n) is 7.17. The van der Waals surface area contributed by atoms with Crippen molar-refractivity contribution in [3.8, 4) is 16.9 Å². The fraction of sp³-hybridized carbons (Fsp3) is 0.286. The molecule has 0 fully saturated rings. The maximum atomic E-state index is 5.47. The van der Waals surface area contributed by atoms with Gasteiger partial charge in [-0.3, -0.25) is 0 Å². The summed E-state index contributed by atoms with van der Waals surface area (Å²) in [6.07, 6.45) is 0. The number of rotatable bonds is 2. The van der Waals surface area contributed by atoms with Crippen molar-refractivity contribution in [3.05, 3.63) is 57.1 Å². The van der Waals surface area contributed by atoms with E-state index >= 15 is 0 Å². The lowest BCUT2D eigenvalue weighted by Gasteiger charge is -2.33. The highest BCUT2D eigenvalue weighted by Crippen LogP contribution is 2.46. The van der Waals surface area contributed by atoms with Gasteiger partial charge < -0.3 is 10.1 Å². The van der Waals surface area contributed by atoms with E-state index in [1.54, 1.807) is 17.5 Å². The number of benzene rings is 2. The molecule has 0 spiro atoms. The van der Waals surface area contributed by atoms with Crippen LogP contribution in [0.1, 0.15) is 29.9 Å². The van der Waals surface area contributed by atoms with E-state index in [0.29, 0.717) is 0 Å². The van der Waals surface area contributed by atoms with Crippen molar-refractivity contribution < 1.29 is 4.74 Å². The molecule has 1 aliphatic heterocycles. The van der Waals surface area contributed by atoms with Crippen LogP contribution < -0.4 is 14.7 Å². The van der Waals surface area contributed by atoms with Crippen LogP contribution in [0.2, 0.25) is 0 Å². The minimum absolute atomic E-state index is 0.118. The molecule has 1 aromatic heterocycles. The Morgan fingerprint density at radius 3 is 2.65 bits per heavy atom. The molecule has 5 heteroatoms. The molecule has 0 atom stereocenters. The van der Waals surface area contributed by atoms with Crippen LogP contribution in [0.25, 0.3) is 11.1 Å². The topological polar surface area (TPSA) is 33.6 Å². The summed E-state index contributed by atoms with van der Waals surface area (Å²) in [5.41, 5.74) is 6.96. The smallest absolute Gasteiger partial charge is 0.135 e. The molecule has 0 aliphatic carbocycles. The predicted octanol–water partition coefficient (Wildman–Crippen LogP) is 6.00. The van der Waals surface area contributed by atoms with Crippen LogP contribution in [-0.4, -0.2) is 7.11 Å². The van der Waals surface area contributed by atoms with Gasteiger partial charge in [-0.1, -0.05) is 32.8 Å². The monoisotopic (exact) mass is 382 g/mol. The van der Waals surface area contributed by atoms with Gasteiger partial charge in [0.1, 0.15) is 10.4 Å². The van der Waals surface area contributed by atoms with Crippen LogP contribution >= 0.6 is 20.7 Å². The van der Waals surface area contributed by atoms with E-state index in [9.17, 15) is 0 Å². The molecule has 2 heterocycles. The number of hydrogen-bond donors (Lipinski definition) is 1. The molecule has 0 amide bonds. The van der Waals surface area contributed by atoms with Crippen LogP contribution in [0.15, 0.2) is 41.4 Å². The van der Waals surface area contributed by atoms with Gasteiger partial charge in [-0.15, -0.1) is 0 Å². The Morgan fingerprint density at radius 1 is 1.08 bits per heavy atom. The normalized spacial score (nSPS) is 15.2. The zero-order valence-electron chi connectivity index (χ0n) is 15.6. The third-order valence-electron chi connectivity index (χ3n) is 4.95. The number of ether oxygens (including phenoxy) is 1. The third-order valence-corrected chi connectivity index (χ3v) is 7.60. The van der Waals surface area contributed by atoms with Crippen molar-refractivity contribution in [3.63, 3.8) is 0 Å². The zero-order chi connectivity index (χ0) is 18.5. The lowest BCUT2D eigenvalue weighted by Crippen LogP contribution is -2.31. The standard InChI is InChI=1S/C21H22N2OS2/c1-12-7-6-8-16(13(12)2)22-20-18-15-11-14(24-5)9-10-17(15)23-21(3,4)19(18)25-26-20/h6-11,23H,1-5H3. The van der Waals surface area contributed by atoms with E-state index in [2.05, 4.69) is 63.3 Å². The zero-order valence-corrected chi connectivity index (χ0v) is 17.3. The molecule has 26 heavy (non-hydrogen) atoms. The van der Waals surface area contributed by atoms with Crippen LogP contribution in [0.4, 0.5) is 11.4 Å². The van der Waals surface area contributed by atoms with Crippen molar-refractivity contribution >= 4 is 32.1 Å². The first-order valence-electron chi connectivity index (χ1n) is 8.62. The number of anilines is 1. The second kappa shape index (κ2) is 6.25.